The first-order chi connectivity index (χ1) is 9.95. The van der Waals surface area contributed by atoms with Crippen LogP contribution in [0, 0.1) is 0 Å². The van der Waals surface area contributed by atoms with E-state index in [9.17, 15) is 18.3 Å². The van der Waals surface area contributed by atoms with Gasteiger partial charge in [0.25, 0.3) is 0 Å². The Morgan fingerprint density at radius 2 is 2.05 bits per heavy atom. The molecule has 0 radical (unpaired) electrons. The Kier molecular flexibility index (Phi) is 4.97. The number of sulfonamides is 1. The third-order valence-corrected chi connectivity index (χ3v) is 5.24. The maximum absolute atomic E-state index is 12.4. The van der Waals surface area contributed by atoms with Crippen LogP contribution in [0.1, 0.15) is 30.1 Å². The predicted molar refractivity (Wildman–Crippen MR) is 76.4 cm³/mol. The van der Waals surface area contributed by atoms with Crippen molar-refractivity contribution >= 4 is 16.0 Å². The zero-order valence-electron chi connectivity index (χ0n) is 11.9. The van der Waals surface area contributed by atoms with Gasteiger partial charge in [0.05, 0.1) is 23.2 Å². The van der Waals surface area contributed by atoms with E-state index in [1.807, 2.05) is 0 Å². The molecule has 1 aliphatic rings. The fourth-order valence-electron chi connectivity index (χ4n) is 2.27. The average molecular weight is 313 g/mol. The molecule has 0 aliphatic carbocycles. The smallest absolute Gasteiger partial charge is 0.338 e. The lowest BCUT2D eigenvalue weighted by Gasteiger charge is -2.29. The number of nitrogens with zero attached hydrogens (tertiary/aromatic N) is 1. The fraction of sp³-hybridized carbons (Fsp3) is 0.500. The summed E-state index contributed by atoms with van der Waals surface area (Å²) in [5.41, 5.74) is 0.314. The molecule has 1 atom stereocenters. The number of aliphatic hydroxyl groups excluding tert-OH is 1. The normalized spacial score (nSPS) is 20.2. The topological polar surface area (TPSA) is 83.9 Å². The first kappa shape index (κ1) is 15.9. The molecule has 1 heterocycles. The molecular formula is C14H19NO5S. The van der Waals surface area contributed by atoms with Crippen molar-refractivity contribution in [1.82, 2.24) is 4.31 Å². The number of ether oxygens (including phenoxy) is 1. The summed E-state index contributed by atoms with van der Waals surface area (Å²) in [5, 5.41) is 9.60. The molecule has 0 saturated carbocycles. The van der Waals surface area contributed by atoms with Crippen LogP contribution in [-0.4, -0.2) is 49.6 Å². The second-order valence-corrected chi connectivity index (χ2v) is 6.84. The molecule has 7 heteroatoms. The van der Waals surface area contributed by atoms with E-state index in [1.54, 1.807) is 6.92 Å². The van der Waals surface area contributed by atoms with Gasteiger partial charge < -0.3 is 9.84 Å². The third kappa shape index (κ3) is 3.61. The number of hydrogen-bond donors (Lipinski definition) is 1. The van der Waals surface area contributed by atoms with Crippen LogP contribution in [0.3, 0.4) is 0 Å². The van der Waals surface area contributed by atoms with E-state index in [2.05, 4.69) is 0 Å². The Labute approximate surface area is 124 Å². The highest BCUT2D eigenvalue weighted by atomic mass is 32.2. The van der Waals surface area contributed by atoms with Gasteiger partial charge in [-0.05, 0) is 44.0 Å². The molecule has 1 N–H and O–H groups in total. The summed E-state index contributed by atoms with van der Waals surface area (Å²) in [6.07, 6.45) is 0.641. The quantitative estimate of drug-likeness (QED) is 0.839. The summed E-state index contributed by atoms with van der Waals surface area (Å²) >= 11 is 0. The van der Waals surface area contributed by atoms with E-state index < -0.39 is 22.1 Å². The summed E-state index contributed by atoms with van der Waals surface area (Å²) in [7, 11) is -3.63. The van der Waals surface area contributed by atoms with Crippen molar-refractivity contribution in [1.29, 1.82) is 0 Å². The Balaban J connectivity index is 2.19. The van der Waals surface area contributed by atoms with Crippen LogP contribution in [-0.2, 0) is 14.8 Å². The van der Waals surface area contributed by atoms with Gasteiger partial charge in [0.1, 0.15) is 0 Å². The first-order valence-electron chi connectivity index (χ1n) is 6.90. The highest BCUT2D eigenvalue weighted by molar-refractivity contribution is 7.89. The van der Waals surface area contributed by atoms with E-state index in [0.717, 1.165) is 0 Å². The number of carbonyl (C=O) groups is 1. The molecule has 0 unspecified atom stereocenters. The summed E-state index contributed by atoms with van der Waals surface area (Å²) in [6.45, 7) is 2.49. The minimum absolute atomic E-state index is 0.113. The number of hydrogen-bond acceptors (Lipinski definition) is 5. The summed E-state index contributed by atoms with van der Waals surface area (Å²) < 4.78 is 31.0. The maximum atomic E-state index is 12.4. The molecule has 6 nitrogen and oxygen atoms in total. The lowest BCUT2D eigenvalue weighted by Crippen LogP contribution is -2.42. The molecule has 21 heavy (non-hydrogen) atoms. The SMILES string of the molecule is CCOC(=O)c1ccc(S(=O)(=O)N2CCC[C@@H](O)C2)cc1. The van der Waals surface area contributed by atoms with Crippen LogP contribution >= 0.6 is 0 Å². The Bertz CT molecular complexity index is 596. The standard InChI is InChI=1S/C14H19NO5S/c1-2-20-14(17)11-5-7-13(8-6-11)21(18,19)15-9-3-4-12(16)10-15/h5-8,12,16H,2-4,9-10H2,1H3/t12-/m1/s1. The predicted octanol–water partition coefficient (Wildman–Crippen LogP) is 1.01. The molecule has 1 aromatic carbocycles. The van der Waals surface area contributed by atoms with Gasteiger partial charge in [-0.25, -0.2) is 13.2 Å². The minimum atomic E-state index is -3.63. The van der Waals surface area contributed by atoms with Crippen LogP contribution < -0.4 is 0 Å². The largest absolute Gasteiger partial charge is 0.462 e. The van der Waals surface area contributed by atoms with Crippen molar-refractivity contribution < 1.29 is 23.1 Å². The molecule has 0 spiro atoms. The van der Waals surface area contributed by atoms with E-state index >= 15 is 0 Å². The van der Waals surface area contributed by atoms with Gasteiger partial charge in [-0.15, -0.1) is 0 Å². The van der Waals surface area contributed by atoms with Crippen LogP contribution in [0.5, 0.6) is 0 Å². The Morgan fingerprint density at radius 1 is 1.38 bits per heavy atom. The van der Waals surface area contributed by atoms with Gasteiger partial charge in [-0.3, -0.25) is 0 Å². The summed E-state index contributed by atoms with van der Waals surface area (Å²) in [5.74, 6) is -0.477. The minimum Gasteiger partial charge on any atom is -0.462 e. The van der Waals surface area contributed by atoms with Crippen molar-refractivity contribution in [2.45, 2.75) is 30.8 Å². The van der Waals surface area contributed by atoms with Crippen molar-refractivity contribution in [3.8, 4) is 0 Å². The van der Waals surface area contributed by atoms with Crippen molar-refractivity contribution in [3.05, 3.63) is 29.8 Å². The number of aliphatic hydroxyl groups is 1. The van der Waals surface area contributed by atoms with E-state index in [-0.39, 0.29) is 18.0 Å². The van der Waals surface area contributed by atoms with Gasteiger partial charge >= 0.3 is 5.97 Å². The number of benzene rings is 1. The van der Waals surface area contributed by atoms with E-state index in [4.69, 9.17) is 4.74 Å². The molecule has 1 saturated heterocycles. The van der Waals surface area contributed by atoms with Crippen molar-refractivity contribution in [2.24, 2.45) is 0 Å². The molecule has 0 aromatic heterocycles. The van der Waals surface area contributed by atoms with E-state index in [0.29, 0.717) is 24.9 Å². The van der Waals surface area contributed by atoms with Crippen LogP contribution in [0.25, 0.3) is 0 Å². The van der Waals surface area contributed by atoms with Crippen LogP contribution in [0.4, 0.5) is 0 Å². The Morgan fingerprint density at radius 3 is 2.62 bits per heavy atom. The first-order valence-corrected chi connectivity index (χ1v) is 8.34. The summed E-state index contributed by atoms with van der Waals surface area (Å²) in [6, 6.07) is 5.65. The number of rotatable bonds is 4. The molecule has 0 amide bonds. The van der Waals surface area contributed by atoms with E-state index in [1.165, 1.54) is 28.6 Å². The molecule has 116 valence electrons. The number of carbonyl (C=O) groups excluding carboxylic acids is 1. The van der Waals surface area contributed by atoms with Crippen molar-refractivity contribution in [3.63, 3.8) is 0 Å². The monoisotopic (exact) mass is 313 g/mol. The van der Waals surface area contributed by atoms with Crippen LogP contribution in [0.15, 0.2) is 29.2 Å². The number of β-amino-alcohol motifs (C(OH)–C–C–N with tert-alkyl or cyclic N) is 1. The van der Waals surface area contributed by atoms with Gasteiger partial charge in [0.2, 0.25) is 10.0 Å². The van der Waals surface area contributed by atoms with Gasteiger partial charge in [-0.1, -0.05) is 0 Å². The van der Waals surface area contributed by atoms with Gasteiger partial charge in [0, 0.05) is 13.1 Å². The lowest BCUT2D eigenvalue weighted by atomic mass is 10.1. The second-order valence-electron chi connectivity index (χ2n) is 4.90. The molecule has 1 fully saturated rings. The van der Waals surface area contributed by atoms with Gasteiger partial charge in [0.15, 0.2) is 0 Å². The second kappa shape index (κ2) is 6.55. The maximum Gasteiger partial charge on any atom is 0.338 e. The highest BCUT2D eigenvalue weighted by Crippen LogP contribution is 2.21. The molecule has 1 aromatic rings. The zero-order chi connectivity index (χ0) is 15.5. The molecule has 0 bridgehead atoms. The zero-order valence-corrected chi connectivity index (χ0v) is 12.7. The number of piperidine rings is 1. The van der Waals surface area contributed by atoms with Crippen LogP contribution in [0.2, 0.25) is 0 Å². The molecular weight excluding hydrogens is 294 g/mol. The fourth-order valence-corrected chi connectivity index (χ4v) is 3.78. The third-order valence-electron chi connectivity index (χ3n) is 3.36. The summed E-state index contributed by atoms with van der Waals surface area (Å²) in [4.78, 5) is 11.7. The average Bonchev–Trinajstić information content (AvgIpc) is 2.47. The van der Waals surface area contributed by atoms with Crippen molar-refractivity contribution in [2.75, 3.05) is 19.7 Å². The number of esters is 1. The molecule has 2 rings (SSSR count). The van der Waals surface area contributed by atoms with Gasteiger partial charge in [-0.2, -0.15) is 4.31 Å². The Hall–Kier alpha value is -1.44. The lowest BCUT2D eigenvalue weighted by molar-refractivity contribution is 0.0526. The molecule has 1 aliphatic heterocycles. The highest BCUT2D eigenvalue weighted by Gasteiger charge is 2.29.